The van der Waals surface area contributed by atoms with Crippen molar-refractivity contribution in [3.63, 3.8) is 0 Å². The molecule has 32 heavy (non-hydrogen) atoms. The van der Waals surface area contributed by atoms with E-state index < -0.39 is 48.1 Å². The normalized spacial score (nSPS) is 19.6. The quantitative estimate of drug-likeness (QED) is 0.484. The molecule has 1 heterocycles. The minimum Gasteiger partial charge on any atom is -0.394 e. The summed E-state index contributed by atoms with van der Waals surface area (Å²) >= 11 is 0. The number of halogens is 6. The van der Waals surface area contributed by atoms with Gasteiger partial charge in [-0.05, 0) is 60.2 Å². The number of carbonyl (C=O) groups is 1. The second kappa shape index (κ2) is 8.16. The first kappa shape index (κ1) is 22.2. The molecule has 1 atom stereocenters. The molecule has 3 aromatic rings. The van der Waals surface area contributed by atoms with Crippen LogP contribution in [0.5, 0.6) is 0 Å². The fourth-order valence-electron chi connectivity index (χ4n) is 4.10. The number of hydrogen-bond acceptors (Lipinski definition) is 2. The molecule has 4 rings (SSSR count). The highest BCUT2D eigenvalue weighted by molar-refractivity contribution is 5.92. The Morgan fingerprint density at radius 1 is 1.09 bits per heavy atom. The Morgan fingerprint density at radius 3 is 2.34 bits per heavy atom. The van der Waals surface area contributed by atoms with Gasteiger partial charge in [0.25, 0.3) is 0 Å². The van der Waals surface area contributed by atoms with Gasteiger partial charge in [0.2, 0.25) is 5.91 Å². The topological polar surface area (TPSA) is 65.1 Å². The van der Waals surface area contributed by atoms with E-state index in [9.17, 15) is 31.1 Å². The highest BCUT2D eigenvalue weighted by Crippen LogP contribution is 2.48. The summed E-state index contributed by atoms with van der Waals surface area (Å²) in [5.74, 6) is -4.06. The summed E-state index contributed by atoms with van der Waals surface area (Å²) in [6.07, 6.45) is -4.47. The van der Waals surface area contributed by atoms with Gasteiger partial charge in [0.05, 0.1) is 17.8 Å². The number of amides is 1. The minimum atomic E-state index is -4.78. The van der Waals surface area contributed by atoms with Crippen LogP contribution < -0.4 is 5.32 Å². The zero-order valence-corrected chi connectivity index (χ0v) is 16.4. The molecule has 1 fully saturated rings. The van der Waals surface area contributed by atoms with Gasteiger partial charge in [-0.25, -0.2) is 13.2 Å². The smallest absolute Gasteiger partial charge is 0.394 e. The second-order valence-electron chi connectivity index (χ2n) is 7.88. The lowest BCUT2D eigenvalue weighted by Crippen LogP contribution is -2.51. The number of fused-ring (bicyclic) bond motifs is 1. The summed E-state index contributed by atoms with van der Waals surface area (Å²) in [4.78, 5) is 15.1. The van der Waals surface area contributed by atoms with Crippen LogP contribution in [0.3, 0.4) is 0 Å². The molecule has 1 aliphatic rings. The summed E-state index contributed by atoms with van der Waals surface area (Å²) < 4.78 is 80.1. The maximum Gasteiger partial charge on any atom is 0.410 e. The molecule has 2 aromatic carbocycles. The van der Waals surface area contributed by atoms with E-state index in [0.717, 1.165) is 12.1 Å². The number of rotatable bonds is 5. The molecule has 4 nitrogen and oxygen atoms in total. The molecule has 1 amide bonds. The Kier molecular flexibility index (Phi) is 5.66. The number of aromatic amines is 1. The molecule has 3 N–H and O–H groups in total. The average molecular weight is 456 g/mol. The number of aliphatic hydroxyl groups is 1. The van der Waals surface area contributed by atoms with E-state index in [1.165, 1.54) is 24.3 Å². The molecule has 10 heteroatoms. The predicted octanol–water partition coefficient (Wildman–Crippen LogP) is 4.79. The first-order valence-electron chi connectivity index (χ1n) is 9.83. The summed E-state index contributed by atoms with van der Waals surface area (Å²) in [5, 5.41) is 11.0. The van der Waals surface area contributed by atoms with Crippen molar-refractivity contribution in [1.29, 1.82) is 0 Å². The van der Waals surface area contributed by atoms with E-state index in [0.29, 0.717) is 16.8 Å². The first-order chi connectivity index (χ1) is 15.1. The van der Waals surface area contributed by atoms with Gasteiger partial charge in [-0.15, -0.1) is 0 Å². The van der Waals surface area contributed by atoms with E-state index in [1.54, 1.807) is 5.32 Å². The molecule has 1 saturated carbocycles. The Bertz CT molecular complexity index is 1150. The number of benzene rings is 2. The van der Waals surface area contributed by atoms with Crippen molar-refractivity contribution in [3.05, 3.63) is 59.4 Å². The SMILES string of the molecule is O=C(N[C@H](CO)C(F)(F)F)C1CC(c2c(-c3ccc(F)cc3)[nH]c3c(F)cc(F)cc23)C1. The van der Waals surface area contributed by atoms with Crippen LogP contribution in [-0.4, -0.2) is 34.8 Å². The average Bonchev–Trinajstić information content (AvgIpc) is 3.04. The van der Waals surface area contributed by atoms with Crippen molar-refractivity contribution < 1.29 is 36.2 Å². The van der Waals surface area contributed by atoms with E-state index in [4.69, 9.17) is 5.11 Å². The zero-order chi connectivity index (χ0) is 23.2. The van der Waals surface area contributed by atoms with Gasteiger partial charge >= 0.3 is 6.18 Å². The number of H-pyrrole nitrogens is 1. The lowest BCUT2D eigenvalue weighted by Gasteiger charge is -2.36. The maximum absolute atomic E-state index is 14.4. The second-order valence-corrected chi connectivity index (χ2v) is 7.88. The van der Waals surface area contributed by atoms with Crippen molar-refractivity contribution in [2.24, 2.45) is 5.92 Å². The lowest BCUT2D eigenvalue weighted by molar-refractivity contribution is -0.170. The van der Waals surface area contributed by atoms with Crippen LogP contribution in [0.2, 0.25) is 0 Å². The standard InChI is InChI=1S/C22H18F6N2O2/c23-13-3-1-10(2-4-13)19-18(15-7-14(24)8-16(25)20(15)30-19)11-5-12(6-11)21(32)29-17(9-31)22(26,27)28/h1-4,7-8,11-12,17,30-31H,5-6,9H2,(H,29,32)/t11?,12?,17-/m1/s1. The fourth-order valence-corrected chi connectivity index (χ4v) is 4.10. The molecule has 0 aliphatic heterocycles. The third kappa shape index (κ3) is 4.06. The van der Waals surface area contributed by atoms with Crippen LogP contribution in [-0.2, 0) is 4.79 Å². The van der Waals surface area contributed by atoms with Crippen LogP contribution in [0.4, 0.5) is 26.3 Å². The summed E-state index contributed by atoms with van der Waals surface area (Å²) in [6.45, 7) is -1.28. The number of hydrogen-bond donors (Lipinski definition) is 3. The van der Waals surface area contributed by atoms with Gasteiger partial charge in [-0.3, -0.25) is 4.79 Å². The van der Waals surface area contributed by atoms with Gasteiger partial charge in [0, 0.05) is 17.4 Å². The van der Waals surface area contributed by atoms with Crippen molar-refractivity contribution in [1.82, 2.24) is 10.3 Å². The van der Waals surface area contributed by atoms with E-state index >= 15 is 0 Å². The van der Waals surface area contributed by atoms with Gasteiger partial charge in [0.15, 0.2) is 0 Å². The maximum atomic E-state index is 14.4. The molecule has 170 valence electrons. The van der Waals surface area contributed by atoms with Crippen LogP contribution >= 0.6 is 0 Å². The Hall–Kier alpha value is -3.01. The van der Waals surface area contributed by atoms with Crippen LogP contribution in [0.15, 0.2) is 36.4 Å². The molecular formula is C22H18F6N2O2. The predicted molar refractivity (Wildman–Crippen MR) is 104 cm³/mol. The summed E-state index contributed by atoms with van der Waals surface area (Å²) in [5.41, 5.74) is 1.51. The Morgan fingerprint density at radius 2 is 1.75 bits per heavy atom. The van der Waals surface area contributed by atoms with Gasteiger partial charge < -0.3 is 15.4 Å². The molecule has 0 saturated heterocycles. The van der Waals surface area contributed by atoms with Gasteiger partial charge in [-0.2, -0.15) is 13.2 Å². The highest BCUT2D eigenvalue weighted by atomic mass is 19.4. The van der Waals surface area contributed by atoms with Crippen LogP contribution in [0.1, 0.15) is 24.3 Å². The molecule has 0 radical (unpaired) electrons. The summed E-state index contributed by atoms with van der Waals surface area (Å²) in [7, 11) is 0. The van der Waals surface area contributed by atoms with Gasteiger partial charge in [-0.1, -0.05) is 0 Å². The van der Waals surface area contributed by atoms with Crippen LogP contribution in [0.25, 0.3) is 22.2 Å². The van der Waals surface area contributed by atoms with Crippen molar-refractivity contribution >= 4 is 16.8 Å². The molecule has 1 aromatic heterocycles. The lowest BCUT2D eigenvalue weighted by atomic mass is 9.69. The van der Waals surface area contributed by atoms with Crippen molar-refractivity contribution in [3.8, 4) is 11.3 Å². The van der Waals surface area contributed by atoms with Crippen molar-refractivity contribution in [2.75, 3.05) is 6.61 Å². The number of aromatic nitrogens is 1. The fraction of sp³-hybridized carbons (Fsp3) is 0.318. The largest absolute Gasteiger partial charge is 0.410 e. The highest BCUT2D eigenvalue weighted by Gasteiger charge is 2.44. The zero-order valence-electron chi connectivity index (χ0n) is 16.4. The molecule has 0 spiro atoms. The third-order valence-corrected chi connectivity index (χ3v) is 5.81. The van der Waals surface area contributed by atoms with E-state index in [-0.39, 0.29) is 29.7 Å². The number of carbonyl (C=O) groups excluding carboxylic acids is 1. The molecule has 1 aliphatic carbocycles. The Labute approximate surface area is 178 Å². The molecule has 0 unspecified atom stereocenters. The molecular weight excluding hydrogens is 438 g/mol. The number of nitrogens with one attached hydrogen (secondary N) is 2. The van der Waals surface area contributed by atoms with Crippen LogP contribution in [0, 0.1) is 23.4 Å². The van der Waals surface area contributed by atoms with E-state index in [2.05, 4.69) is 4.98 Å². The van der Waals surface area contributed by atoms with Crippen molar-refractivity contribution in [2.45, 2.75) is 31.0 Å². The minimum absolute atomic E-state index is 0.0473. The monoisotopic (exact) mass is 456 g/mol. The number of alkyl halides is 3. The Balaban J connectivity index is 1.64. The van der Waals surface area contributed by atoms with Gasteiger partial charge in [0.1, 0.15) is 23.5 Å². The van der Waals surface area contributed by atoms with E-state index in [1.807, 2.05) is 0 Å². The number of aliphatic hydroxyl groups excluding tert-OH is 1. The third-order valence-electron chi connectivity index (χ3n) is 5.81. The molecule has 0 bridgehead atoms. The summed E-state index contributed by atoms with van der Waals surface area (Å²) in [6, 6.07) is 4.87. The first-order valence-corrected chi connectivity index (χ1v) is 9.83.